The van der Waals surface area contributed by atoms with E-state index in [-0.39, 0.29) is 23.6 Å². The first-order valence-electron chi connectivity index (χ1n) is 10.3. The number of hydrogen-bond acceptors (Lipinski definition) is 5. The summed E-state index contributed by atoms with van der Waals surface area (Å²) in [4.78, 5) is 33.6. The molecule has 8 nitrogen and oxygen atoms in total. The fourth-order valence-electron chi connectivity index (χ4n) is 3.86. The Morgan fingerprint density at radius 2 is 2.00 bits per heavy atom. The monoisotopic (exact) mass is 453 g/mol. The van der Waals surface area contributed by atoms with Crippen LogP contribution in [0.2, 0.25) is 5.02 Å². The van der Waals surface area contributed by atoms with Crippen molar-refractivity contribution in [1.82, 2.24) is 15.3 Å². The molecule has 3 N–H and O–H groups in total. The first-order valence-corrected chi connectivity index (χ1v) is 10.7. The minimum Gasteiger partial charge on any atom is -0.495 e. The Morgan fingerprint density at radius 1 is 1.19 bits per heavy atom. The molecule has 1 fully saturated rings. The van der Waals surface area contributed by atoms with Gasteiger partial charge in [0.1, 0.15) is 5.75 Å². The topological polar surface area (TPSA) is 99.4 Å². The number of carbonyl (C=O) groups excluding carboxylic acids is 1. The number of hydrogen-bond donors (Lipinski definition) is 3. The van der Waals surface area contributed by atoms with Gasteiger partial charge in [-0.25, -0.2) is 4.79 Å². The number of halogens is 1. The third-order valence-electron chi connectivity index (χ3n) is 5.54. The maximum absolute atomic E-state index is 12.7. The minimum absolute atomic E-state index is 0.0578. The Balaban J connectivity index is 1.52. The molecule has 3 aromatic rings. The molecule has 32 heavy (non-hydrogen) atoms. The first-order chi connectivity index (χ1) is 15.5. The van der Waals surface area contributed by atoms with Gasteiger partial charge in [0.05, 0.1) is 19.0 Å². The number of urea groups is 1. The number of carbonyl (C=O) groups is 1. The quantitative estimate of drug-likeness (QED) is 0.548. The molecule has 1 aliphatic rings. The van der Waals surface area contributed by atoms with E-state index >= 15 is 0 Å². The predicted octanol–water partition coefficient (Wildman–Crippen LogP) is 3.62. The second-order valence-electron chi connectivity index (χ2n) is 7.59. The zero-order chi connectivity index (χ0) is 22.5. The number of nitrogens with zero attached hydrogens (tertiary/aromatic N) is 2. The molecule has 0 saturated carbocycles. The molecule has 0 radical (unpaired) electrons. The molecular weight excluding hydrogens is 430 g/mol. The van der Waals surface area contributed by atoms with Crippen LogP contribution in [0, 0.1) is 0 Å². The Kier molecular flexibility index (Phi) is 6.61. The number of methoxy groups -OCH3 is 1. The summed E-state index contributed by atoms with van der Waals surface area (Å²) in [6.45, 7) is 1.36. The van der Waals surface area contributed by atoms with Crippen molar-refractivity contribution in [3.05, 3.63) is 82.0 Å². The number of ether oxygens (including phenoxy) is 1. The van der Waals surface area contributed by atoms with Crippen molar-refractivity contribution in [2.75, 3.05) is 30.4 Å². The number of aromatic nitrogens is 2. The van der Waals surface area contributed by atoms with Gasteiger partial charge in [0.15, 0.2) is 0 Å². The van der Waals surface area contributed by atoms with E-state index in [0.29, 0.717) is 29.4 Å². The second-order valence-corrected chi connectivity index (χ2v) is 8.02. The van der Waals surface area contributed by atoms with Gasteiger partial charge in [0.25, 0.3) is 0 Å². The number of nitrogens with one attached hydrogen (secondary N) is 3. The Labute approximate surface area is 190 Å². The molecule has 2 amide bonds. The second kappa shape index (κ2) is 9.74. The van der Waals surface area contributed by atoms with Gasteiger partial charge in [-0.05, 0) is 48.9 Å². The molecule has 0 spiro atoms. The first kappa shape index (κ1) is 21.7. The molecule has 0 unspecified atom stereocenters. The Bertz CT molecular complexity index is 1100. The van der Waals surface area contributed by atoms with Crippen LogP contribution in [0.25, 0.3) is 0 Å². The van der Waals surface area contributed by atoms with Gasteiger partial charge in [-0.15, -0.1) is 0 Å². The Morgan fingerprint density at radius 3 is 2.66 bits per heavy atom. The molecule has 3 heterocycles. The summed E-state index contributed by atoms with van der Waals surface area (Å²) in [5.74, 6) is 0.615. The van der Waals surface area contributed by atoms with E-state index in [0.717, 1.165) is 17.9 Å². The maximum Gasteiger partial charge on any atom is 0.319 e. The molecular formula is C23H24ClN5O3. The highest BCUT2D eigenvalue weighted by molar-refractivity contribution is 6.30. The summed E-state index contributed by atoms with van der Waals surface area (Å²) in [6.07, 6.45) is 4.10. The van der Waals surface area contributed by atoms with Crippen molar-refractivity contribution in [1.29, 1.82) is 0 Å². The van der Waals surface area contributed by atoms with Crippen LogP contribution >= 0.6 is 11.6 Å². The van der Waals surface area contributed by atoms with Gasteiger partial charge in [0, 0.05) is 53.7 Å². The SMILES string of the molecule is COc1ccc([C@@H]2CN(c3ccc(=O)[nH]c3)CC[C@H]2NC(=O)Nc2ccc(Cl)cc2)nc1. The zero-order valence-electron chi connectivity index (χ0n) is 17.5. The number of H-pyrrole nitrogens is 1. The van der Waals surface area contributed by atoms with Crippen molar-refractivity contribution >= 4 is 29.0 Å². The van der Waals surface area contributed by atoms with Gasteiger partial charge < -0.3 is 25.3 Å². The highest BCUT2D eigenvalue weighted by Gasteiger charge is 2.33. The number of piperidine rings is 1. The van der Waals surface area contributed by atoms with E-state index in [9.17, 15) is 9.59 Å². The van der Waals surface area contributed by atoms with Crippen molar-refractivity contribution in [3.8, 4) is 5.75 Å². The van der Waals surface area contributed by atoms with Crippen molar-refractivity contribution in [3.63, 3.8) is 0 Å². The number of pyridine rings is 2. The number of amides is 2. The lowest BCUT2D eigenvalue weighted by Crippen LogP contribution is -2.51. The van der Waals surface area contributed by atoms with Gasteiger partial charge in [-0.2, -0.15) is 0 Å². The van der Waals surface area contributed by atoms with E-state index < -0.39 is 0 Å². The van der Waals surface area contributed by atoms with Crippen LogP contribution in [0.3, 0.4) is 0 Å². The number of benzene rings is 1. The highest BCUT2D eigenvalue weighted by atomic mass is 35.5. The Hall–Kier alpha value is -3.52. The summed E-state index contributed by atoms with van der Waals surface area (Å²) in [7, 11) is 1.60. The number of rotatable bonds is 5. The fraction of sp³-hybridized carbons (Fsp3) is 0.261. The third-order valence-corrected chi connectivity index (χ3v) is 5.79. The minimum atomic E-state index is -0.284. The van der Waals surface area contributed by atoms with Crippen LogP contribution in [-0.2, 0) is 0 Å². The van der Waals surface area contributed by atoms with Crippen molar-refractivity contribution in [2.24, 2.45) is 0 Å². The van der Waals surface area contributed by atoms with Crippen molar-refractivity contribution in [2.45, 2.75) is 18.4 Å². The normalized spacial score (nSPS) is 18.1. The average molecular weight is 454 g/mol. The maximum atomic E-state index is 12.7. The van der Waals surface area contributed by atoms with E-state index in [4.69, 9.17) is 16.3 Å². The lowest BCUT2D eigenvalue weighted by atomic mass is 9.88. The molecule has 166 valence electrons. The van der Waals surface area contributed by atoms with E-state index in [1.165, 1.54) is 6.07 Å². The molecule has 0 aliphatic carbocycles. The lowest BCUT2D eigenvalue weighted by Gasteiger charge is -2.39. The molecule has 2 aromatic heterocycles. The average Bonchev–Trinajstić information content (AvgIpc) is 2.81. The molecule has 2 atom stereocenters. The summed E-state index contributed by atoms with van der Waals surface area (Å²) >= 11 is 5.92. The fourth-order valence-corrected chi connectivity index (χ4v) is 3.98. The van der Waals surface area contributed by atoms with Gasteiger partial charge >= 0.3 is 6.03 Å². The largest absolute Gasteiger partial charge is 0.495 e. The number of anilines is 2. The van der Waals surface area contributed by atoms with Crippen LogP contribution in [-0.4, -0.2) is 42.2 Å². The van der Waals surface area contributed by atoms with Crippen LogP contribution in [0.5, 0.6) is 5.75 Å². The summed E-state index contributed by atoms with van der Waals surface area (Å²) < 4.78 is 5.23. The highest BCUT2D eigenvalue weighted by Crippen LogP contribution is 2.30. The molecule has 1 saturated heterocycles. The van der Waals surface area contributed by atoms with E-state index in [2.05, 4.69) is 25.5 Å². The smallest absolute Gasteiger partial charge is 0.319 e. The predicted molar refractivity (Wildman–Crippen MR) is 125 cm³/mol. The van der Waals surface area contributed by atoms with Crippen LogP contribution in [0.1, 0.15) is 18.0 Å². The number of aromatic amines is 1. The molecule has 0 bridgehead atoms. The summed E-state index contributed by atoms with van der Waals surface area (Å²) in [5.41, 5.74) is 2.30. The molecule has 1 aliphatic heterocycles. The van der Waals surface area contributed by atoms with E-state index in [1.807, 2.05) is 12.1 Å². The van der Waals surface area contributed by atoms with Crippen molar-refractivity contribution < 1.29 is 9.53 Å². The van der Waals surface area contributed by atoms with Crippen LogP contribution < -0.4 is 25.8 Å². The summed E-state index contributed by atoms with van der Waals surface area (Å²) in [6, 6.07) is 13.7. The molecule has 4 rings (SSSR count). The van der Waals surface area contributed by atoms with Crippen LogP contribution in [0.15, 0.2) is 65.7 Å². The molecule has 9 heteroatoms. The van der Waals surface area contributed by atoms with Gasteiger partial charge in [0.2, 0.25) is 5.56 Å². The van der Waals surface area contributed by atoms with Gasteiger partial charge in [-0.1, -0.05) is 11.6 Å². The third kappa shape index (κ3) is 5.20. The zero-order valence-corrected chi connectivity index (χ0v) is 18.3. The van der Waals surface area contributed by atoms with Crippen LogP contribution in [0.4, 0.5) is 16.2 Å². The van der Waals surface area contributed by atoms with E-state index in [1.54, 1.807) is 49.8 Å². The summed E-state index contributed by atoms with van der Waals surface area (Å²) in [5, 5.41) is 6.56. The molecule has 1 aromatic carbocycles. The lowest BCUT2D eigenvalue weighted by molar-refractivity contribution is 0.243. The van der Waals surface area contributed by atoms with Gasteiger partial charge in [-0.3, -0.25) is 9.78 Å². The standard InChI is InChI=1S/C23H24ClN5O3/c1-32-18-7-8-20(25-13-18)19-14-29(17-6-9-22(30)26-12-17)11-10-21(19)28-23(31)27-16-4-2-15(24)3-5-16/h2-9,12-13,19,21H,10-11,14H2,1H3,(H,26,30)(H2,27,28,31)/t19-,21+/m0/s1.